The molecule has 0 bridgehead atoms. The van der Waals surface area contributed by atoms with Crippen LogP contribution in [0.2, 0.25) is 0 Å². The van der Waals surface area contributed by atoms with Crippen LogP contribution in [-0.2, 0) is 17.8 Å². The molecular weight excluding hydrogens is 386 g/mol. The molecule has 4 rings (SSSR count). The number of imide groups is 1. The fourth-order valence-corrected chi connectivity index (χ4v) is 4.60. The van der Waals surface area contributed by atoms with Crippen molar-refractivity contribution in [1.82, 2.24) is 4.90 Å². The molecule has 1 aliphatic rings. The molecule has 29 heavy (non-hydrogen) atoms. The molecular formula is C23H21NO4S. The van der Waals surface area contributed by atoms with Crippen molar-refractivity contribution >= 4 is 33.7 Å². The molecule has 0 saturated carbocycles. The Morgan fingerprint density at radius 1 is 0.966 bits per heavy atom. The van der Waals surface area contributed by atoms with Crippen molar-refractivity contribution in [3.05, 3.63) is 71.8 Å². The number of carbonyl (C=O) groups is 2. The van der Waals surface area contributed by atoms with Gasteiger partial charge < -0.3 is 9.47 Å². The Morgan fingerprint density at radius 3 is 2.45 bits per heavy atom. The number of hydrogen-bond donors (Lipinski definition) is 0. The first-order chi connectivity index (χ1) is 14.1. The van der Waals surface area contributed by atoms with Crippen LogP contribution in [0.25, 0.3) is 10.8 Å². The predicted octanol–water partition coefficient (Wildman–Crippen LogP) is 4.66. The third kappa shape index (κ3) is 3.80. The van der Waals surface area contributed by atoms with E-state index in [1.807, 2.05) is 60.7 Å². The summed E-state index contributed by atoms with van der Waals surface area (Å²) in [6.45, 7) is 0.294. The molecule has 1 atom stereocenters. The number of thioether (sulfide) groups is 1. The lowest BCUT2D eigenvalue weighted by Gasteiger charge is -2.16. The zero-order chi connectivity index (χ0) is 20.4. The first kappa shape index (κ1) is 19.3. The highest BCUT2D eigenvalue weighted by Gasteiger charge is 2.40. The van der Waals surface area contributed by atoms with Crippen molar-refractivity contribution in [3.8, 4) is 11.5 Å². The van der Waals surface area contributed by atoms with Gasteiger partial charge in [-0.15, -0.1) is 0 Å². The zero-order valence-electron chi connectivity index (χ0n) is 16.3. The average molecular weight is 407 g/mol. The molecule has 1 heterocycles. The molecule has 6 heteroatoms. The van der Waals surface area contributed by atoms with Crippen molar-refractivity contribution < 1.29 is 19.1 Å². The van der Waals surface area contributed by atoms with E-state index in [0.717, 1.165) is 39.4 Å². The molecule has 0 spiro atoms. The van der Waals surface area contributed by atoms with Crippen molar-refractivity contribution in [2.24, 2.45) is 0 Å². The average Bonchev–Trinajstić information content (AvgIpc) is 3.01. The van der Waals surface area contributed by atoms with Gasteiger partial charge in [-0.3, -0.25) is 14.5 Å². The molecule has 148 valence electrons. The molecule has 1 fully saturated rings. The second-order valence-electron chi connectivity index (χ2n) is 6.82. The predicted molar refractivity (Wildman–Crippen MR) is 115 cm³/mol. The Kier molecular flexibility index (Phi) is 5.45. The normalized spacial score (nSPS) is 16.5. The second-order valence-corrected chi connectivity index (χ2v) is 7.97. The summed E-state index contributed by atoms with van der Waals surface area (Å²) < 4.78 is 10.9. The Balaban J connectivity index is 1.64. The Morgan fingerprint density at radius 2 is 1.72 bits per heavy atom. The monoisotopic (exact) mass is 407 g/mol. The molecule has 3 aromatic carbocycles. The van der Waals surface area contributed by atoms with E-state index < -0.39 is 5.25 Å². The maximum atomic E-state index is 13.0. The minimum absolute atomic E-state index is 0.161. The molecule has 3 aromatic rings. The summed E-state index contributed by atoms with van der Waals surface area (Å²) in [5.74, 6) is 1.28. The van der Waals surface area contributed by atoms with Crippen molar-refractivity contribution in [2.45, 2.75) is 18.2 Å². The van der Waals surface area contributed by atoms with E-state index in [-0.39, 0.29) is 11.1 Å². The fraction of sp³-hybridized carbons (Fsp3) is 0.217. The summed E-state index contributed by atoms with van der Waals surface area (Å²) in [5, 5.41) is 1.31. The molecule has 1 aliphatic heterocycles. The fourth-order valence-electron chi connectivity index (χ4n) is 3.59. The summed E-state index contributed by atoms with van der Waals surface area (Å²) in [5.41, 5.74) is 1.84. The van der Waals surface area contributed by atoms with E-state index in [0.29, 0.717) is 18.7 Å². The topological polar surface area (TPSA) is 55.8 Å². The summed E-state index contributed by atoms with van der Waals surface area (Å²) >= 11 is 1.08. The number of hydrogen-bond acceptors (Lipinski definition) is 5. The van der Waals surface area contributed by atoms with Gasteiger partial charge in [0.1, 0.15) is 11.5 Å². The Labute approximate surface area is 173 Å². The van der Waals surface area contributed by atoms with Crippen LogP contribution in [0.4, 0.5) is 4.79 Å². The minimum Gasteiger partial charge on any atom is -0.497 e. The number of rotatable bonds is 6. The number of methoxy groups -OCH3 is 2. The summed E-state index contributed by atoms with van der Waals surface area (Å²) in [7, 11) is 3.23. The summed E-state index contributed by atoms with van der Waals surface area (Å²) in [6, 6.07) is 19.3. The van der Waals surface area contributed by atoms with Gasteiger partial charge in [0.05, 0.1) is 26.0 Å². The number of fused-ring (bicyclic) bond motifs is 1. The highest BCUT2D eigenvalue weighted by atomic mass is 32.2. The van der Waals surface area contributed by atoms with Crippen molar-refractivity contribution in [1.29, 1.82) is 0 Å². The quantitative estimate of drug-likeness (QED) is 0.595. The first-order valence-electron chi connectivity index (χ1n) is 9.30. The lowest BCUT2D eigenvalue weighted by Crippen LogP contribution is -2.31. The number of ether oxygens (including phenoxy) is 2. The first-order valence-corrected chi connectivity index (χ1v) is 10.2. The van der Waals surface area contributed by atoms with Crippen LogP contribution in [0.3, 0.4) is 0 Å². The van der Waals surface area contributed by atoms with Gasteiger partial charge >= 0.3 is 0 Å². The van der Waals surface area contributed by atoms with E-state index in [1.54, 1.807) is 14.2 Å². The van der Waals surface area contributed by atoms with Gasteiger partial charge in [0.2, 0.25) is 5.91 Å². The van der Waals surface area contributed by atoms with Crippen molar-refractivity contribution in [3.63, 3.8) is 0 Å². The lowest BCUT2D eigenvalue weighted by atomic mass is 9.98. The van der Waals surface area contributed by atoms with Crippen LogP contribution in [0.15, 0.2) is 60.7 Å². The van der Waals surface area contributed by atoms with Crippen molar-refractivity contribution in [2.75, 3.05) is 14.2 Å². The number of carbonyl (C=O) groups excluding carboxylic acids is 2. The summed E-state index contributed by atoms with van der Waals surface area (Å²) in [4.78, 5) is 26.9. The molecule has 5 nitrogen and oxygen atoms in total. The van der Waals surface area contributed by atoms with E-state index in [2.05, 4.69) is 0 Å². The van der Waals surface area contributed by atoms with Crippen LogP contribution in [0.1, 0.15) is 11.1 Å². The molecule has 0 aliphatic carbocycles. The van der Waals surface area contributed by atoms with Gasteiger partial charge in [-0.05, 0) is 41.0 Å². The van der Waals surface area contributed by atoms with Gasteiger partial charge in [-0.25, -0.2) is 0 Å². The zero-order valence-corrected chi connectivity index (χ0v) is 17.1. The van der Waals surface area contributed by atoms with Crippen LogP contribution in [0, 0.1) is 0 Å². The van der Waals surface area contributed by atoms with Gasteiger partial charge in [0.25, 0.3) is 5.24 Å². The standard InChI is InChI=1S/C23H21NO4S/c1-27-17-10-8-16-9-11-20(28-2)19(18(16)12-17)13-21-22(25)24(23(26)29-21)14-15-6-4-3-5-7-15/h3-12,21H,13-14H2,1-2H3/t21-/m1/s1. The van der Waals surface area contributed by atoms with E-state index >= 15 is 0 Å². The second kappa shape index (κ2) is 8.17. The SMILES string of the molecule is COc1ccc2ccc(OC)c(C[C@H]3SC(=O)N(Cc4ccccc4)C3=O)c2c1. The lowest BCUT2D eigenvalue weighted by molar-refractivity contribution is -0.127. The number of nitrogens with zero attached hydrogens (tertiary/aromatic N) is 1. The van der Waals surface area contributed by atoms with Gasteiger partial charge in [-0.1, -0.05) is 54.2 Å². The van der Waals surface area contributed by atoms with Gasteiger partial charge in [-0.2, -0.15) is 0 Å². The van der Waals surface area contributed by atoms with E-state index in [4.69, 9.17) is 9.47 Å². The maximum Gasteiger partial charge on any atom is 0.289 e. The molecule has 0 aromatic heterocycles. The van der Waals surface area contributed by atoms with E-state index in [1.165, 1.54) is 4.90 Å². The van der Waals surface area contributed by atoms with Crippen LogP contribution >= 0.6 is 11.8 Å². The number of amides is 2. The molecule has 1 saturated heterocycles. The molecule has 0 unspecified atom stereocenters. The maximum absolute atomic E-state index is 13.0. The largest absolute Gasteiger partial charge is 0.497 e. The smallest absolute Gasteiger partial charge is 0.289 e. The molecule has 0 radical (unpaired) electrons. The third-order valence-electron chi connectivity index (χ3n) is 5.10. The Hall–Kier alpha value is -2.99. The van der Waals surface area contributed by atoms with Gasteiger partial charge in [0, 0.05) is 5.56 Å². The highest BCUT2D eigenvalue weighted by Crippen LogP contribution is 2.37. The van der Waals surface area contributed by atoms with Crippen LogP contribution in [-0.4, -0.2) is 35.5 Å². The Bertz CT molecular complexity index is 1060. The highest BCUT2D eigenvalue weighted by molar-refractivity contribution is 8.15. The van der Waals surface area contributed by atoms with Gasteiger partial charge in [0.15, 0.2) is 0 Å². The van der Waals surface area contributed by atoms with Crippen LogP contribution < -0.4 is 9.47 Å². The summed E-state index contributed by atoms with van der Waals surface area (Å²) in [6.07, 6.45) is 0.411. The third-order valence-corrected chi connectivity index (χ3v) is 6.17. The molecule has 0 N–H and O–H groups in total. The minimum atomic E-state index is -0.475. The number of benzene rings is 3. The van der Waals surface area contributed by atoms with Crippen LogP contribution in [0.5, 0.6) is 11.5 Å². The molecule has 2 amide bonds. The van der Waals surface area contributed by atoms with E-state index in [9.17, 15) is 9.59 Å².